The summed E-state index contributed by atoms with van der Waals surface area (Å²) in [6.07, 6.45) is 0. The zero-order valence-corrected chi connectivity index (χ0v) is 10.7. The van der Waals surface area contributed by atoms with Crippen molar-refractivity contribution in [2.24, 2.45) is 5.73 Å². The predicted octanol–water partition coefficient (Wildman–Crippen LogP) is 3.03. The average Bonchev–Trinajstić information content (AvgIpc) is 2.16. The van der Waals surface area contributed by atoms with Gasteiger partial charge in [-0.2, -0.15) is 0 Å². The zero-order chi connectivity index (χ0) is 9.26. The molecule has 1 heterocycles. The number of halogens is 2. The van der Waals surface area contributed by atoms with Gasteiger partial charge in [-0.05, 0) is 33.6 Å². The van der Waals surface area contributed by atoms with Crippen LogP contribution in [0.1, 0.15) is 5.56 Å². The first-order valence-electron chi connectivity index (χ1n) is 4.05. The SMILES string of the molecule is Br.NCc1ccc2ccc(Br)nc2c1. The van der Waals surface area contributed by atoms with Crippen LogP contribution in [0.2, 0.25) is 0 Å². The highest BCUT2D eigenvalue weighted by molar-refractivity contribution is 9.10. The molecule has 2 N–H and O–H groups in total. The molecule has 0 aliphatic heterocycles. The molecular weight excluding hydrogens is 308 g/mol. The maximum Gasteiger partial charge on any atom is 0.106 e. The van der Waals surface area contributed by atoms with E-state index in [1.165, 1.54) is 0 Å². The van der Waals surface area contributed by atoms with Gasteiger partial charge in [0.15, 0.2) is 0 Å². The highest BCUT2D eigenvalue weighted by atomic mass is 79.9. The number of nitrogens with two attached hydrogens (primary N) is 1. The Kier molecular flexibility index (Phi) is 4.04. The number of benzene rings is 1. The topological polar surface area (TPSA) is 38.9 Å². The first-order chi connectivity index (χ1) is 6.29. The van der Waals surface area contributed by atoms with E-state index in [0.29, 0.717) is 6.54 Å². The van der Waals surface area contributed by atoms with Crippen LogP contribution in [0, 0.1) is 0 Å². The number of hydrogen-bond acceptors (Lipinski definition) is 2. The van der Waals surface area contributed by atoms with Gasteiger partial charge in [0.05, 0.1) is 5.52 Å². The lowest BCUT2D eigenvalue weighted by atomic mass is 10.1. The van der Waals surface area contributed by atoms with Crippen LogP contribution in [0.15, 0.2) is 34.9 Å². The molecule has 0 aliphatic rings. The molecule has 0 saturated carbocycles. The van der Waals surface area contributed by atoms with E-state index in [0.717, 1.165) is 21.1 Å². The normalized spacial score (nSPS) is 9.86. The standard InChI is InChI=1S/C10H9BrN2.BrH/c11-10-4-3-8-2-1-7(6-12)5-9(8)13-10;/h1-5H,6,12H2;1H. The molecule has 0 amide bonds. The van der Waals surface area contributed by atoms with Gasteiger partial charge in [0.2, 0.25) is 0 Å². The van der Waals surface area contributed by atoms with Crippen molar-refractivity contribution in [3.63, 3.8) is 0 Å². The lowest BCUT2D eigenvalue weighted by molar-refractivity contribution is 1.07. The Morgan fingerprint density at radius 3 is 2.64 bits per heavy atom. The molecule has 4 heteroatoms. The predicted molar refractivity (Wildman–Crippen MR) is 67.7 cm³/mol. The number of hydrogen-bond donors (Lipinski definition) is 1. The van der Waals surface area contributed by atoms with E-state index < -0.39 is 0 Å². The maximum absolute atomic E-state index is 5.54. The summed E-state index contributed by atoms with van der Waals surface area (Å²) in [5, 5.41) is 1.14. The number of fused-ring (bicyclic) bond motifs is 1. The smallest absolute Gasteiger partial charge is 0.106 e. The van der Waals surface area contributed by atoms with E-state index in [1.807, 2.05) is 30.3 Å². The first kappa shape index (κ1) is 11.6. The Labute approximate surface area is 101 Å². The molecule has 0 spiro atoms. The third kappa shape index (κ3) is 2.32. The van der Waals surface area contributed by atoms with Crippen molar-refractivity contribution in [3.05, 3.63) is 40.5 Å². The molecule has 0 atom stereocenters. The molecule has 0 saturated heterocycles. The van der Waals surface area contributed by atoms with E-state index in [4.69, 9.17) is 5.73 Å². The van der Waals surface area contributed by atoms with E-state index >= 15 is 0 Å². The van der Waals surface area contributed by atoms with Crippen molar-refractivity contribution in [3.8, 4) is 0 Å². The van der Waals surface area contributed by atoms with Gasteiger partial charge < -0.3 is 5.73 Å². The summed E-state index contributed by atoms with van der Waals surface area (Å²) in [5.41, 5.74) is 7.63. The van der Waals surface area contributed by atoms with Gasteiger partial charge in [0, 0.05) is 11.9 Å². The zero-order valence-electron chi connectivity index (χ0n) is 7.40. The van der Waals surface area contributed by atoms with Gasteiger partial charge in [-0.15, -0.1) is 17.0 Å². The van der Waals surface area contributed by atoms with Crippen molar-refractivity contribution in [2.75, 3.05) is 0 Å². The fourth-order valence-electron chi connectivity index (χ4n) is 1.26. The van der Waals surface area contributed by atoms with Crippen LogP contribution < -0.4 is 5.73 Å². The summed E-state index contributed by atoms with van der Waals surface area (Å²) >= 11 is 3.34. The van der Waals surface area contributed by atoms with Crippen LogP contribution in [-0.2, 0) is 6.54 Å². The Morgan fingerprint density at radius 2 is 1.93 bits per heavy atom. The highest BCUT2D eigenvalue weighted by Gasteiger charge is 1.96. The minimum atomic E-state index is 0. The van der Waals surface area contributed by atoms with Crippen LogP contribution in [0.4, 0.5) is 0 Å². The van der Waals surface area contributed by atoms with Gasteiger partial charge in [-0.1, -0.05) is 18.2 Å². The van der Waals surface area contributed by atoms with Gasteiger partial charge in [0.25, 0.3) is 0 Å². The number of nitrogens with zero attached hydrogens (tertiary/aromatic N) is 1. The Morgan fingerprint density at radius 1 is 1.21 bits per heavy atom. The lowest BCUT2D eigenvalue weighted by Crippen LogP contribution is -1.95. The van der Waals surface area contributed by atoms with Crippen LogP contribution in [0.3, 0.4) is 0 Å². The summed E-state index contributed by atoms with van der Waals surface area (Å²) in [4.78, 5) is 4.35. The molecule has 1 aromatic heterocycles. The molecule has 2 nitrogen and oxygen atoms in total. The Balaban J connectivity index is 0.000000980. The molecule has 74 valence electrons. The van der Waals surface area contributed by atoms with Crippen molar-refractivity contribution in [1.29, 1.82) is 0 Å². The number of rotatable bonds is 1. The Hall–Kier alpha value is -0.450. The lowest BCUT2D eigenvalue weighted by Gasteiger charge is -2.00. The molecule has 2 rings (SSSR count). The highest BCUT2D eigenvalue weighted by Crippen LogP contribution is 2.16. The van der Waals surface area contributed by atoms with E-state index in [2.05, 4.69) is 20.9 Å². The third-order valence-corrected chi connectivity index (χ3v) is 2.40. The summed E-state index contributed by atoms with van der Waals surface area (Å²) in [6, 6.07) is 10.0. The van der Waals surface area contributed by atoms with Crippen LogP contribution in [-0.4, -0.2) is 4.98 Å². The molecule has 0 fully saturated rings. The Bertz CT molecular complexity index is 443. The molecule has 0 unspecified atom stereocenters. The van der Waals surface area contributed by atoms with Gasteiger partial charge in [0.1, 0.15) is 4.60 Å². The number of aromatic nitrogens is 1. The monoisotopic (exact) mass is 316 g/mol. The summed E-state index contributed by atoms with van der Waals surface area (Å²) in [6.45, 7) is 0.560. The summed E-state index contributed by atoms with van der Waals surface area (Å²) in [7, 11) is 0. The van der Waals surface area contributed by atoms with E-state index in [-0.39, 0.29) is 17.0 Å². The molecule has 0 radical (unpaired) electrons. The largest absolute Gasteiger partial charge is 0.326 e. The minimum Gasteiger partial charge on any atom is -0.326 e. The van der Waals surface area contributed by atoms with Crippen molar-refractivity contribution >= 4 is 43.8 Å². The van der Waals surface area contributed by atoms with Crippen molar-refractivity contribution in [1.82, 2.24) is 4.98 Å². The van der Waals surface area contributed by atoms with E-state index in [9.17, 15) is 0 Å². The van der Waals surface area contributed by atoms with Crippen LogP contribution >= 0.6 is 32.9 Å². The maximum atomic E-state index is 5.54. The van der Waals surface area contributed by atoms with Gasteiger partial charge in [-0.25, -0.2) is 4.98 Å². The minimum absolute atomic E-state index is 0. The molecule has 1 aromatic carbocycles. The molecule has 14 heavy (non-hydrogen) atoms. The molecular formula is C10H10Br2N2. The molecule has 0 aliphatic carbocycles. The second-order valence-electron chi connectivity index (χ2n) is 2.87. The van der Waals surface area contributed by atoms with Gasteiger partial charge in [-0.3, -0.25) is 0 Å². The summed E-state index contributed by atoms with van der Waals surface area (Å²) in [5.74, 6) is 0. The molecule has 2 aromatic rings. The fourth-order valence-corrected chi connectivity index (χ4v) is 1.59. The van der Waals surface area contributed by atoms with Crippen molar-refractivity contribution in [2.45, 2.75) is 6.54 Å². The fraction of sp³-hybridized carbons (Fsp3) is 0.100. The van der Waals surface area contributed by atoms with Crippen LogP contribution in [0.25, 0.3) is 10.9 Å². The number of pyridine rings is 1. The molecule has 0 bridgehead atoms. The van der Waals surface area contributed by atoms with Crippen LogP contribution in [0.5, 0.6) is 0 Å². The van der Waals surface area contributed by atoms with Crippen molar-refractivity contribution < 1.29 is 0 Å². The average molecular weight is 318 g/mol. The third-order valence-electron chi connectivity index (χ3n) is 1.96. The first-order valence-corrected chi connectivity index (χ1v) is 4.84. The second kappa shape index (κ2) is 4.87. The summed E-state index contributed by atoms with van der Waals surface area (Å²) < 4.78 is 0.856. The quantitative estimate of drug-likeness (QED) is 0.821. The van der Waals surface area contributed by atoms with Gasteiger partial charge >= 0.3 is 0 Å². The second-order valence-corrected chi connectivity index (χ2v) is 3.68. The van der Waals surface area contributed by atoms with E-state index in [1.54, 1.807) is 0 Å².